The zero-order valence-electron chi connectivity index (χ0n) is 16.1. The largest absolute Gasteiger partial charge is 0.490 e. The Morgan fingerprint density at radius 2 is 1.89 bits per heavy atom. The van der Waals surface area contributed by atoms with Gasteiger partial charge in [0.05, 0.1) is 0 Å². The average molecular weight is 371 g/mol. The molecule has 2 heterocycles. The molecule has 0 bridgehead atoms. The van der Waals surface area contributed by atoms with Gasteiger partial charge in [0.25, 0.3) is 0 Å². The van der Waals surface area contributed by atoms with Crippen LogP contribution in [0.25, 0.3) is 0 Å². The fraction of sp³-hybridized carbons (Fsp3) is 0.550. The summed E-state index contributed by atoms with van der Waals surface area (Å²) < 4.78 is 8.10. The lowest BCUT2D eigenvalue weighted by molar-refractivity contribution is 0.129. The third-order valence-electron chi connectivity index (χ3n) is 4.67. The minimum absolute atomic E-state index is 0.287. The Kier molecular flexibility index (Phi) is 7.50. The number of unbranched alkanes of at least 4 members (excludes halogenated alkanes) is 1. The molecular formula is C20H30N6O. The molecule has 0 atom stereocenters. The number of hydrogen-bond donors (Lipinski definition) is 1. The van der Waals surface area contributed by atoms with Gasteiger partial charge in [0.1, 0.15) is 24.5 Å². The Hall–Kier alpha value is -2.57. The number of ether oxygens (including phenoxy) is 1. The minimum atomic E-state index is 0.287. The van der Waals surface area contributed by atoms with Crippen LogP contribution in [0.2, 0.25) is 0 Å². The third kappa shape index (κ3) is 6.27. The number of rotatable bonds is 8. The van der Waals surface area contributed by atoms with Gasteiger partial charge < -0.3 is 19.5 Å². The molecule has 27 heavy (non-hydrogen) atoms. The Bertz CT molecular complexity index is 665. The molecule has 0 saturated carbocycles. The second-order valence-electron chi connectivity index (χ2n) is 6.76. The SMILES string of the molecule is CCNC(=NCCCCn1cnnc1)N1CCC(Oc2ccccc2)CC1. The van der Waals surface area contributed by atoms with Gasteiger partial charge in [-0.3, -0.25) is 4.99 Å². The van der Waals surface area contributed by atoms with Crippen LogP contribution in [0.3, 0.4) is 0 Å². The fourth-order valence-electron chi connectivity index (χ4n) is 3.23. The van der Waals surface area contributed by atoms with Gasteiger partial charge in [-0.1, -0.05) is 18.2 Å². The van der Waals surface area contributed by atoms with E-state index in [4.69, 9.17) is 9.73 Å². The summed E-state index contributed by atoms with van der Waals surface area (Å²) in [5.41, 5.74) is 0. The van der Waals surface area contributed by atoms with Gasteiger partial charge in [-0.15, -0.1) is 10.2 Å². The lowest BCUT2D eigenvalue weighted by Gasteiger charge is -2.34. The second-order valence-corrected chi connectivity index (χ2v) is 6.76. The summed E-state index contributed by atoms with van der Waals surface area (Å²) >= 11 is 0. The molecule has 146 valence electrons. The van der Waals surface area contributed by atoms with E-state index in [1.807, 2.05) is 34.9 Å². The summed E-state index contributed by atoms with van der Waals surface area (Å²) in [6.07, 6.45) is 7.98. The summed E-state index contributed by atoms with van der Waals surface area (Å²) in [5.74, 6) is 1.99. The molecule has 3 rings (SSSR count). The lowest BCUT2D eigenvalue weighted by atomic mass is 10.1. The second kappa shape index (κ2) is 10.5. The van der Waals surface area contributed by atoms with Crippen molar-refractivity contribution in [3.05, 3.63) is 43.0 Å². The summed E-state index contributed by atoms with van der Waals surface area (Å²) in [6, 6.07) is 10.1. The van der Waals surface area contributed by atoms with Crippen molar-refractivity contribution in [2.75, 3.05) is 26.2 Å². The van der Waals surface area contributed by atoms with E-state index in [1.165, 1.54) is 0 Å². The number of likely N-dealkylation sites (tertiary alicyclic amines) is 1. The van der Waals surface area contributed by atoms with Crippen molar-refractivity contribution in [2.24, 2.45) is 4.99 Å². The van der Waals surface area contributed by atoms with Gasteiger partial charge in [0.2, 0.25) is 0 Å². The van der Waals surface area contributed by atoms with E-state index in [9.17, 15) is 0 Å². The number of piperidine rings is 1. The van der Waals surface area contributed by atoms with Crippen LogP contribution in [0.5, 0.6) is 5.75 Å². The molecule has 1 aromatic heterocycles. The fourth-order valence-corrected chi connectivity index (χ4v) is 3.23. The van der Waals surface area contributed by atoms with Crippen molar-refractivity contribution in [1.29, 1.82) is 0 Å². The quantitative estimate of drug-likeness (QED) is 0.439. The number of aromatic nitrogens is 3. The van der Waals surface area contributed by atoms with Gasteiger partial charge >= 0.3 is 0 Å². The summed E-state index contributed by atoms with van der Waals surface area (Å²) in [6.45, 7) is 6.74. The minimum Gasteiger partial charge on any atom is -0.490 e. The first-order valence-electron chi connectivity index (χ1n) is 9.92. The number of nitrogens with zero attached hydrogens (tertiary/aromatic N) is 5. The number of aryl methyl sites for hydroxylation is 1. The molecule has 7 nitrogen and oxygen atoms in total. The average Bonchev–Trinajstić information content (AvgIpc) is 3.22. The Labute approximate surface area is 161 Å². The highest BCUT2D eigenvalue weighted by molar-refractivity contribution is 5.80. The maximum absolute atomic E-state index is 6.09. The Balaban J connectivity index is 1.41. The van der Waals surface area contributed by atoms with E-state index in [-0.39, 0.29) is 6.10 Å². The molecule has 1 aromatic carbocycles. The van der Waals surface area contributed by atoms with Gasteiger partial charge in [0.15, 0.2) is 5.96 Å². The number of benzene rings is 1. The smallest absolute Gasteiger partial charge is 0.193 e. The number of aliphatic imine (C=N–C) groups is 1. The maximum atomic E-state index is 6.09. The monoisotopic (exact) mass is 370 g/mol. The molecule has 0 aliphatic carbocycles. The van der Waals surface area contributed by atoms with E-state index < -0.39 is 0 Å². The highest BCUT2D eigenvalue weighted by Crippen LogP contribution is 2.18. The Morgan fingerprint density at radius 1 is 1.15 bits per heavy atom. The normalized spacial score (nSPS) is 15.7. The first-order chi connectivity index (χ1) is 13.3. The van der Waals surface area contributed by atoms with Crippen molar-refractivity contribution in [3.8, 4) is 5.75 Å². The van der Waals surface area contributed by atoms with Crippen molar-refractivity contribution >= 4 is 5.96 Å². The van der Waals surface area contributed by atoms with E-state index in [0.29, 0.717) is 0 Å². The van der Waals surface area contributed by atoms with Crippen LogP contribution in [0.15, 0.2) is 48.0 Å². The topological polar surface area (TPSA) is 67.6 Å². The highest BCUT2D eigenvalue weighted by Gasteiger charge is 2.22. The van der Waals surface area contributed by atoms with Crippen molar-refractivity contribution in [3.63, 3.8) is 0 Å². The third-order valence-corrected chi connectivity index (χ3v) is 4.67. The van der Waals surface area contributed by atoms with Crippen LogP contribution in [0.4, 0.5) is 0 Å². The van der Waals surface area contributed by atoms with Gasteiger partial charge in [-0.05, 0) is 31.9 Å². The van der Waals surface area contributed by atoms with E-state index in [2.05, 4.69) is 27.3 Å². The molecule has 0 unspecified atom stereocenters. The molecule has 7 heteroatoms. The zero-order chi connectivity index (χ0) is 18.7. The van der Waals surface area contributed by atoms with Crippen molar-refractivity contribution < 1.29 is 4.74 Å². The van der Waals surface area contributed by atoms with Crippen LogP contribution in [0, 0.1) is 0 Å². The molecule has 1 N–H and O–H groups in total. The molecular weight excluding hydrogens is 340 g/mol. The number of hydrogen-bond acceptors (Lipinski definition) is 4. The van der Waals surface area contributed by atoms with Crippen LogP contribution in [-0.4, -0.2) is 57.9 Å². The number of guanidine groups is 1. The van der Waals surface area contributed by atoms with Gasteiger partial charge in [0, 0.05) is 45.6 Å². The van der Waals surface area contributed by atoms with E-state index in [0.717, 1.165) is 70.1 Å². The molecule has 0 spiro atoms. The van der Waals surface area contributed by atoms with Crippen LogP contribution >= 0.6 is 0 Å². The van der Waals surface area contributed by atoms with E-state index in [1.54, 1.807) is 12.7 Å². The predicted molar refractivity (Wildman–Crippen MR) is 107 cm³/mol. The van der Waals surface area contributed by atoms with Crippen molar-refractivity contribution in [2.45, 2.75) is 45.3 Å². The van der Waals surface area contributed by atoms with Crippen LogP contribution in [-0.2, 0) is 6.54 Å². The van der Waals surface area contributed by atoms with Crippen LogP contribution in [0.1, 0.15) is 32.6 Å². The summed E-state index contributed by atoms with van der Waals surface area (Å²) in [5, 5.41) is 11.1. The zero-order valence-corrected chi connectivity index (χ0v) is 16.1. The molecule has 1 aliphatic rings. The molecule has 0 radical (unpaired) electrons. The first-order valence-corrected chi connectivity index (χ1v) is 9.92. The molecule has 1 fully saturated rings. The number of para-hydroxylation sites is 1. The van der Waals surface area contributed by atoms with Crippen LogP contribution < -0.4 is 10.1 Å². The summed E-state index contributed by atoms with van der Waals surface area (Å²) in [4.78, 5) is 7.17. The highest BCUT2D eigenvalue weighted by atomic mass is 16.5. The number of nitrogens with one attached hydrogen (secondary N) is 1. The Morgan fingerprint density at radius 3 is 2.59 bits per heavy atom. The van der Waals surface area contributed by atoms with Crippen molar-refractivity contribution in [1.82, 2.24) is 25.0 Å². The predicted octanol–water partition coefficient (Wildman–Crippen LogP) is 2.57. The lowest BCUT2D eigenvalue weighted by Crippen LogP contribution is -2.47. The maximum Gasteiger partial charge on any atom is 0.193 e. The molecule has 2 aromatic rings. The molecule has 0 amide bonds. The van der Waals surface area contributed by atoms with E-state index >= 15 is 0 Å². The standard InChI is InChI=1S/C20H30N6O/c1-2-21-20(22-12-6-7-13-25-16-23-24-17-25)26-14-10-19(11-15-26)27-18-8-4-3-5-9-18/h3-5,8-9,16-17,19H,2,6-7,10-15H2,1H3,(H,21,22). The summed E-state index contributed by atoms with van der Waals surface area (Å²) in [7, 11) is 0. The molecule has 1 aliphatic heterocycles. The first kappa shape index (κ1) is 19.2. The van der Waals surface area contributed by atoms with Gasteiger partial charge in [-0.2, -0.15) is 0 Å². The molecule has 1 saturated heterocycles. The van der Waals surface area contributed by atoms with Gasteiger partial charge in [-0.25, -0.2) is 0 Å².